The minimum absolute atomic E-state index is 0.170. The summed E-state index contributed by atoms with van der Waals surface area (Å²) in [5.41, 5.74) is 0. The Bertz CT molecular complexity index is 220. The number of hydrogen-bond acceptors (Lipinski definition) is 4. The monoisotopic (exact) mass is 200 g/mol. The van der Waals surface area contributed by atoms with Crippen LogP contribution in [0.3, 0.4) is 0 Å². The zero-order valence-corrected chi connectivity index (χ0v) is 8.78. The number of carbonyl (C=O) groups is 2. The molecule has 0 aliphatic heterocycles. The standard InChI is InChI=1S/C10H16O4/c1-8(7-10(12)14-3)5-4-6-9(11)13-2/h4,6,8H,5,7H2,1-3H3/b6-4-. The van der Waals surface area contributed by atoms with Crippen LogP contribution in [-0.2, 0) is 19.1 Å². The van der Waals surface area contributed by atoms with Gasteiger partial charge < -0.3 is 9.47 Å². The minimum atomic E-state index is -0.379. The van der Waals surface area contributed by atoms with Crippen LogP contribution in [0.4, 0.5) is 0 Å². The van der Waals surface area contributed by atoms with E-state index < -0.39 is 0 Å². The maximum absolute atomic E-state index is 10.8. The summed E-state index contributed by atoms with van der Waals surface area (Å²) in [6.45, 7) is 1.92. The first-order valence-electron chi connectivity index (χ1n) is 4.41. The van der Waals surface area contributed by atoms with E-state index >= 15 is 0 Å². The zero-order chi connectivity index (χ0) is 11.0. The molecular weight excluding hydrogens is 184 g/mol. The average molecular weight is 200 g/mol. The highest BCUT2D eigenvalue weighted by Crippen LogP contribution is 2.08. The number of allylic oxidation sites excluding steroid dienone is 1. The van der Waals surface area contributed by atoms with Gasteiger partial charge in [-0.25, -0.2) is 4.79 Å². The predicted molar refractivity (Wildman–Crippen MR) is 51.6 cm³/mol. The van der Waals surface area contributed by atoms with Gasteiger partial charge in [-0.05, 0) is 12.3 Å². The lowest BCUT2D eigenvalue weighted by molar-refractivity contribution is -0.141. The van der Waals surface area contributed by atoms with Crippen LogP contribution in [0, 0.1) is 5.92 Å². The van der Waals surface area contributed by atoms with Gasteiger partial charge in [-0.3, -0.25) is 4.79 Å². The molecule has 0 aromatic rings. The number of hydrogen-bond donors (Lipinski definition) is 0. The van der Waals surface area contributed by atoms with Crippen molar-refractivity contribution in [2.24, 2.45) is 5.92 Å². The van der Waals surface area contributed by atoms with Crippen molar-refractivity contribution in [1.82, 2.24) is 0 Å². The molecule has 0 aliphatic carbocycles. The normalized spacial score (nSPS) is 12.5. The molecule has 80 valence electrons. The van der Waals surface area contributed by atoms with Gasteiger partial charge in [0.25, 0.3) is 0 Å². The molecule has 4 nitrogen and oxygen atoms in total. The second-order valence-corrected chi connectivity index (χ2v) is 3.05. The molecule has 0 aromatic heterocycles. The highest BCUT2D eigenvalue weighted by Gasteiger charge is 2.07. The fraction of sp³-hybridized carbons (Fsp3) is 0.600. The number of methoxy groups -OCH3 is 2. The molecule has 0 spiro atoms. The molecule has 0 amide bonds. The van der Waals surface area contributed by atoms with Gasteiger partial charge in [0.15, 0.2) is 0 Å². The molecule has 0 aliphatic rings. The smallest absolute Gasteiger partial charge is 0.330 e. The van der Waals surface area contributed by atoms with Gasteiger partial charge in [0.1, 0.15) is 0 Å². The van der Waals surface area contributed by atoms with Crippen molar-refractivity contribution in [2.75, 3.05) is 14.2 Å². The lowest BCUT2D eigenvalue weighted by Crippen LogP contribution is -2.06. The maximum atomic E-state index is 10.8. The van der Waals surface area contributed by atoms with Crippen LogP contribution >= 0.6 is 0 Å². The minimum Gasteiger partial charge on any atom is -0.469 e. The molecule has 0 aromatic carbocycles. The van der Waals surface area contributed by atoms with Gasteiger partial charge in [-0.2, -0.15) is 0 Å². The van der Waals surface area contributed by atoms with E-state index in [1.807, 2.05) is 6.92 Å². The van der Waals surface area contributed by atoms with Crippen LogP contribution < -0.4 is 0 Å². The van der Waals surface area contributed by atoms with Crippen molar-refractivity contribution in [3.63, 3.8) is 0 Å². The van der Waals surface area contributed by atoms with E-state index in [0.717, 1.165) is 0 Å². The summed E-state index contributed by atoms with van der Waals surface area (Å²) in [5, 5.41) is 0. The first-order valence-corrected chi connectivity index (χ1v) is 4.41. The van der Waals surface area contributed by atoms with Gasteiger partial charge in [0.2, 0.25) is 0 Å². The van der Waals surface area contributed by atoms with Crippen molar-refractivity contribution in [1.29, 1.82) is 0 Å². The van der Waals surface area contributed by atoms with E-state index in [9.17, 15) is 9.59 Å². The van der Waals surface area contributed by atoms with E-state index in [0.29, 0.717) is 12.8 Å². The van der Waals surface area contributed by atoms with Crippen LogP contribution in [-0.4, -0.2) is 26.2 Å². The molecule has 0 rings (SSSR count). The molecule has 0 bridgehead atoms. The Morgan fingerprint density at radius 2 is 1.93 bits per heavy atom. The molecule has 1 unspecified atom stereocenters. The SMILES string of the molecule is COC(=O)/C=C\CC(C)CC(=O)OC. The summed E-state index contributed by atoms with van der Waals surface area (Å²) in [6, 6.07) is 0. The summed E-state index contributed by atoms with van der Waals surface area (Å²) >= 11 is 0. The van der Waals surface area contributed by atoms with Gasteiger partial charge >= 0.3 is 11.9 Å². The molecule has 4 heteroatoms. The molecule has 1 atom stereocenters. The molecular formula is C10H16O4. The Hall–Kier alpha value is -1.32. The number of carbonyl (C=O) groups excluding carboxylic acids is 2. The number of rotatable bonds is 5. The zero-order valence-electron chi connectivity index (χ0n) is 8.78. The van der Waals surface area contributed by atoms with E-state index in [4.69, 9.17) is 0 Å². The number of ether oxygens (including phenoxy) is 2. The Kier molecular flexibility index (Phi) is 6.45. The summed E-state index contributed by atoms with van der Waals surface area (Å²) in [5.74, 6) is -0.442. The fourth-order valence-electron chi connectivity index (χ4n) is 0.916. The summed E-state index contributed by atoms with van der Waals surface area (Å²) in [4.78, 5) is 21.5. The lowest BCUT2D eigenvalue weighted by atomic mass is 10.0. The first kappa shape index (κ1) is 12.7. The summed E-state index contributed by atoms with van der Waals surface area (Å²) in [6.07, 6.45) is 4.07. The lowest BCUT2D eigenvalue weighted by Gasteiger charge is -2.05. The Morgan fingerprint density at radius 3 is 2.43 bits per heavy atom. The Labute approximate surface area is 83.9 Å². The van der Waals surface area contributed by atoms with Crippen molar-refractivity contribution in [3.8, 4) is 0 Å². The summed E-state index contributed by atoms with van der Waals surface area (Å²) < 4.78 is 8.93. The van der Waals surface area contributed by atoms with E-state index in [-0.39, 0.29) is 17.9 Å². The van der Waals surface area contributed by atoms with Gasteiger partial charge in [0.05, 0.1) is 14.2 Å². The van der Waals surface area contributed by atoms with Crippen LogP contribution in [0.1, 0.15) is 19.8 Å². The molecule has 0 saturated carbocycles. The van der Waals surface area contributed by atoms with Gasteiger partial charge in [-0.15, -0.1) is 0 Å². The third-order valence-corrected chi connectivity index (χ3v) is 1.74. The van der Waals surface area contributed by atoms with E-state index in [1.54, 1.807) is 6.08 Å². The third-order valence-electron chi connectivity index (χ3n) is 1.74. The molecule has 0 saturated heterocycles. The highest BCUT2D eigenvalue weighted by molar-refractivity contribution is 5.81. The average Bonchev–Trinajstić information content (AvgIpc) is 2.17. The van der Waals surface area contributed by atoms with E-state index in [1.165, 1.54) is 20.3 Å². The Balaban J connectivity index is 3.73. The first-order chi connectivity index (χ1) is 6.60. The van der Waals surface area contributed by atoms with Gasteiger partial charge in [-0.1, -0.05) is 13.0 Å². The second kappa shape index (κ2) is 7.12. The molecule has 0 radical (unpaired) electrons. The number of esters is 2. The largest absolute Gasteiger partial charge is 0.469 e. The van der Waals surface area contributed by atoms with Crippen LogP contribution in [0.15, 0.2) is 12.2 Å². The molecule has 0 fully saturated rings. The van der Waals surface area contributed by atoms with Crippen molar-refractivity contribution < 1.29 is 19.1 Å². The molecule has 14 heavy (non-hydrogen) atoms. The molecule has 0 N–H and O–H groups in total. The van der Waals surface area contributed by atoms with Crippen LogP contribution in [0.25, 0.3) is 0 Å². The summed E-state index contributed by atoms with van der Waals surface area (Å²) in [7, 11) is 2.68. The molecule has 0 heterocycles. The fourth-order valence-corrected chi connectivity index (χ4v) is 0.916. The van der Waals surface area contributed by atoms with E-state index in [2.05, 4.69) is 9.47 Å². The van der Waals surface area contributed by atoms with Crippen molar-refractivity contribution in [3.05, 3.63) is 12.2 Å². The highest BCUT2D eigenvalue weighted by atomic mass is 16.5. The predicted octanol–water partition coefficient (Wildman–Crippen LogP) is 1.30. The van der Waals surface area contributed by atoms with Crippen LogP contribution in [0.2, 0.25) is 0 Å². The second-order valence-electron chi connectivity index (χ2n) is 3.05. The van der Waals surface area contributed by atoms with Crippen molar-refractivity contribution in [2.45, 2.75) is 19.8 Å². The maximum Gasteiger partial charge on any atom is 0.330 e. The third kappa shape index (κ3) is 6.22. The quantitative estimate of drug-likeness (QED) is 0.496. The van der Waals surface area contributed by atoms with Gasteiger partial charge in [0, 0.05) is 12.5 Å². The topological polar surface area (TPSA) is 52.6 Å². The van der Waals surface area contributed by atoms with Crippen molar-refractivity contribution >= 4 is 11.9 Å². The Morgan fingerprint density at radius 1 is 1.29 bits per heavy atom. The van der Waals surface area contributed by atoms with Crippen LogP contribution in [0.5, 0.6) is 0 Å².